The summed E-state index contributed by atoms with van der Waals surface area (Å²) in [5.41, 5.74) is 9.49. The Morgan fingerprint density at radius 1 is 1.45 bits per heavy atom. The predicted molar refractivity (Wildman–Crippen MR) is 37.2 cm³/mol. The third kappa shape index (κ3) is 6.74. The van der Waals surface area contributed by atoms with Gasteiger partial charge in [0.2, 0.25) is 0 Å². The van der Waals surface area contributed by atoms with Crippen LogP contribution in [0.1, 0.15) is 0 Å². The number of guanidine groups is 1. The van der Waals surface area contributed by atoms with Crippen molar-refractivity contribution in [3.8, 4) is 0 Å². The summed E-state index contributed by atoms with van der Waals surface area (Å²) in [6, 6.07) is 0. The third-order valence-electron chi connectivity index (χ3n) is 0.560. The number of nitrogens with two attached hydrogens (primary N) is 2. The summed E-state index contributed by atoms with van der Waals surface area (Å²) in [5, 5.41) is 0. The minimum Gasteiger partial charge on any atom is -0.370 e. The summed E-state index contributed by atoms with van der Waals surface area (Å²) >= 11 is 0. The van der Waals surface area contributed by atoms with Crippen molar-refractivity contribution in [2.75, 3.05) is 5.75 Å². The fourth-order valence-corrected chi connectivity index (χ4v) is 0.709. The van der Waals surface area contributed by atoms with Crippen molar-refractivity contribution >= 4 is 22.0 Å². The molecule has 0 aromatic carbocycles. The van der Waals surface area contributed by atoms with E-state index in [1.54, 1.807) is 0 Å². The molecule has 7 nitrogen and oxygen atoms in total. The lowest BCUT2D eigenvalue weighted by Gasteiger charge is -1.91. The van der Waals surface area contributed by atoms with Crippen LogP contribution in [0, 0.1) is 0 Å². The van der Waals surface area contributed by atoms with E-state index in [2.05, 4.69) is 4.99 Å². The molecule has 0 spiro atoms. The van der Waals surface area contributed by atoms with E-state index >= 15 is 0 Å². The van der Waals surface area contributed by atoms with Crippen molar-refractivity contribution in [2.24, 2.45) is 16.5 Å². The highest BCUT2D eigenvalue weighted by molar-refractivity contribution is 7.86. The van der Waals surface area contributed by atoms with Crippen LogP contribution in [0.25, 0.3) is 0 Å². The summed E-state index contributed by atoms with van der Waals surface area (Å²) < 4.78 is 28.1. The summed E-state index contributed by atoms with van der Waals surface area (Å²) in [4.78, 5) is 13.2. The molecular formula is C3H7N3O4S. The number of hydrogen-bond donors (Lipinski definition) is 3. The van der Waals surface area contributed by atoms with Crippen LogP contribution in [0.15, 0.2) is 4.99 Å². The molecule has 0 saturated carbocycles. The number of aliphatic imine (C=N–C) groups is 1. The summed E-state index contributed by atoms with van der Waals surface area (Å²) in [6.07, 6.45) is 0. The lowest BCUT2D eigenvalue weighted by molar-refractivity contribution is -0.115. The van der Waals surface area contributed by atoms with E-state index in [-0.39, 0.29) is 0 Å². The number of carbonyl (C=O) groups excluding carboxylic acids is 1. The quantitative estimate of drug-likeness (QED) is 0.248. The number of amides is 1. The van der Waals surface area contributed by atoms with Gasteiger partial charge in [-0.1, -0.05) is 0 Å². The molecule has 0 atom stereocenters. The van der Waals surface area contributed by atoms with Crippen molar-refractivity contribution in [1.82, 2.24) is 0 Å². The van der Waals surface area contributed by atoms with Gasteiger partial charge in [-0.3, -0.25) is 9.35 Å². The highest BCUT2D eigenvalue weighted by Gasteiger charge is 2.11. The van der Waals surface area contributed by atoms with Gasteiger partial charge in [0.1, 0.15) is 0 Å². The second-order valence-corrected chi connectivity index (χ2v) is 3.11. The number of rotatable bonds is 2. The summed E-state index contributed by atoms with van der Waals surface area (Å²) in [7, 11) is -4.34. The summed E-state index contributed by atoms with van der Waals surface area (Å²) in [5.74, 6) is -2.75. The minimum absolute atomic E-state index is 0.543. The van der Waals surface area contributed by atoms with Crippen LogP contribution in [-0.4, -0.2) is 30.6 Å². The van der Waals surface area contributed by atoms with Gasteiger partial charge in [-0.2, -0.15) is 13.4 Å². The number of nitrogens with zero attached hydrogens (tertiary/aromatic N) is 1. The monoisotopic (exact) mass is 181 g/mol. The first kappa shape index (κ1) is 9.85. The van der Waals surface area contributed by atoms with Crippen LogP contribution in [0.5, 0.6) is 0 Å². The van der Waals surface area contributed by atoms with Crippen molar-refractivity contribution in [1.29, 1.82) is 0 Å². The average molecular weight is 181 g/mol. The second-order valence-electron chi connectivity index (χ2n) is 1.66. The van der Waals surface area contributed by atoms with E-state index in [1.165, 1.54) is 0 Å². The van der Waals surface area contributed by atoms with Gasteiger partial charge in [-0.15, -0.1) is 0 Å². The van der Waals surface area contributed by atoms with Gasteiger partial charge in [-0.05, 0) is 0 Å². The fourth-order valence-electron chi connectivity index (χ4n) is 0.332. The Hall–Kier alpha value is -1.15. The molecule has 0 fully saturated rings. The molecule has 0 aliphatic carbocycles. The molecule has 0 aliphatic heterocycles. The maximum Gasteiger partial charge on any atom is 0.274 e. The van der Waals surface area contributed by atoms with Gasteiger partial charge < -0.3 is 11.5 Å². The predicted octanol–water partition coefficient (Wildman–Crippen LogP) is -2.33. The topological polar surface area (TPSA) is 136 Å². The zero-order chi connectivity index (χ0) is 9.07. The first-order valence-electron chi connectivity index (χ1n) is 2.39. The van der Waals surface area contributed by atoms with Crippen molar-refractivity contribution in [3.05, 3.63) is 0 Å². The first-order chi connectivity index (χ1) is 4.81. The van der Waals surface area contributed by atoms with E-state index in [0.29, 0.717) is 0 Å². The third-order valence-corrected chi connectivity index (χ3v) is 1.17. The second kappa shape index (κ2) is 3.30. The smallest absolute Gasteiger partial charge is 0.274 e. The maximum absolute atomic E-state index is 10.4. The van der Waals surface area contributed by atoms with Gasteiger partial charge >= 0.3 is 0 Å². The zero-order valence-corrected chi connectivity index (χ0v) is 6.21. The van der Waals surface area contributed by atoms with Gasteiger partial charge in [0.25, 0.3) is 16.0 Å². The van der Waals surface area contributed by atoms with Crippen LogP contribution in [0.3, 0.4) is 0 Å². The Morgan fingerprint density at radius 2 is 1.91 bits per heavy atom. The molecule has 8 heteroatoms. The van der Waals surface area contributed by atoms with Crippen LogP contribution < -0.4 is 11.5 Å². The van der Waals surface area contributed by atoms with Gasteiger partial charge in [0.15, 0.2) is 11.7 Å². The highest BCUT2D eigenvalue weighted by Crippen LogP contribution is 1.84. The van der Waals surface area contributed by atoms with Crippen LogP contribution in [0.2, 0.25) is 0 Å². The van der Waals surface area contributed by atoms with E-state index in [9.17, 15) is 13.2 Å². The fraction of sp³-hybridized carbons (Fsp3) is 0.333. The SMILES string of the molecule is NC(N)=NC(=O)CS(=O)(=O)O. The molecule has 0 heterocycles. The lowest BCUT2D eigenvalue weighted by atomic mass is 10.7. The first-order valence-corrected chi connectivity index (χ1v) is 4.00. The molecule has 0 aromatic rings. The van der Waals surface area contributed by atoms with Gasteiger partial charge in [-0.25, -0.2) is 0 Å². The molecular weight excluding hydrogens is 174 g/mol. The molecule has 0 radical (unpaired) electrons. The van der Waals surface area contributed by atoms with Crippen molar-refractivity contribution in [2.45, 2.75) is 0 Å². The maximum atomic E-state index is 10.4. The van der Waals surface area contributed by atoms with E-state index < -0.39 is 27.7 Å². The molecule has 64 valence electrons. The van der Waals surface area contributed by atoms with Crippen LogP contribution >= 0.6 is 0 Å². The Bertz CT molecular complexity index is 275. The van der Waals surface area contributed by atoms with Crippen molar-refractivity contribution < 1.29 is 17.8 Å². The van der Waals surface area contributed by atoms with E-state index in [4.69, 9.17) is 16.0 Å². The zero-order valence-electron chi connectivity index (χ0n) is 5.39. The van der Waals surface area contributed by atoms with Gasteiger partial charge in [0, 0.05) is 0 Å². The van der Waals surface area contributed by atoms with Crippen molar-refractivity contribution in [3.63, 3.8) is 0 Å². The summed E-state index contributed by atoms with van der Waals surface area (Å²) in [6.45, 7) is 0. The van der Waals surface area contributed by atoms with Crippen LogP contribution in [-0.2, 0) is 14.9 Å². The molecule has 1 amide bonds. The van der Waals surface area contributed by atoms with E-state index in [0.717, 1.165) is 0 Å². The van der Waals surface area contributed by atoms with E-state index in [1.807, 2.05) is 0 Å². The van der Waals surface area contributed by atoms with Gasteiger partial charge in [0.05, 0.1) is 0 Å². The minimum atomic E-state index is -4.34. The Morgan fingerprint density at radius 3 is 2.18 bits per heavy atom. The Kier molecular flexibility index (Phi) is 2.96. The molecule has 0 rings (SSSR count). The molecule has 5 N–H and O–H groups in total. The van der Waals surface area contributed by atoms with Crippen LogP contribution in [0.4, 0.5) is 0 Å². The number of carbonyl (C=O) groups is 1. The number of hydrogen-bond acceptors (Lipinski definition) is 3. The molecule has 0 aromatic heterocycles. The highest BCUT2D eigenvalue weighted by atomic mass is 32.2. The molecule has 0 unspecified atom stereocenters. The molecule has 0 aliphatic rings. The molecule has 0 saturated heterocycles. The Labute approximate surface area is 62.8 Å². The standard InChI is InChI=1S/C3H7N3O4S/c4-3(5)6-2(7)1-11(8,9)10/h1H2,(H,8,9,10)(H4,4,5,6,7). The Balaban J connectivity index is 4.23. The largest absolute Gasteiger partial charge is 0.370 e. The lowest BCUT2D eigenvalue weighted by Crippen LogP contribution is -2.26. The average Bonchev–Trinajstić information content (AvgIpc) is 1.53. The normalized spacial score (nSPS) is 10.6. The molecule has 0 bridgehead atoms. The molecule has 11 heavy (non-hydrogen) atoms.